The lowest BCUT2D eigenvalue weighted by molar-refractivity contribution is 0.412. The summed E-state index contributed by atoms with van der Waals surface area (Å²) >= 11 is 0. The van der Waals surface area contributed by atoms with Crippen molar-refractivity contribution in [1.82, 2.24) is 20.0 Å². The Balaban J connectivity index is 2.03. The van der Waals surface area contributed by atoms with Crippen molar-refractivity contribution in [2.45, 2.75) is 32.9 Å². The molecule has 6 nitrogen and oxygen atoms in total. The van der Waals surface area contributed by atoms with E-state index in [0.717, 1.165) is 16.5 Å². The van der Waals surface area contributed by atoms with E-state index in [4.69, 9.17) is 0 Å². The van der Waals surface area contributed by atoms with Crippen molar-refractivity contribution >= 4 is 25.8 Å². The van der Waals surface area contributed by atoms with Gasteiger partial charge in [0.1, 0.15) is 18.4 Å². The van der Waals surface area contributed by atoms with Crippen molar-refractivity contribution in [3.8, 4) is 17.6 Å². The summed E-state index contributed by atoms with van der Waals surface area (Å²) in [6.07, 6.45) is 3.84. The lowest BCUT2D eigenvalue weighted by Crippen LogP contribution is -2.37. The Hall–Kier alpha value is -2.55. The van der Waals surface area contributed by atoms with E-state index in [-0.39, 0.29) is 12.1 Å². The molecular formula is C20H24FN6P. The Morgan fingerprint density at radius 2 is 2.00 bits per heavy atom. The first-order valence-corrected chi connectivity index (χ1v) is 9.96. The molecule has 2 N–H and O–H groups in total. The zero-order chi connectivity index (χ0) is 20.3. The molecule has 0 spiro atoms. The van der Waals surface area contributed by atoms with Crippen molar-refractivity contribution in [3.05, 3.63) is 41.7 Å². The summed E-state index contributed by atoms with van der Waals surface area (Å²) in [7, 11) is 2.50. The van der Waals surface area contributed by atoms with Crippen LogP contribution in [-0.4, -0.2) is 33.4 Å². The molecule has 0 saturated carbocycles. The molecule has 2 aromatic heterocycles. The molecule has 0 radical (unpaired) electrons. The van der Waals surface area contributed by atoms with Gasteiger partial charge in [0.15, 0.2) is 5.82 Å². The summed E-state index contributed by atoms with van der Waals surface area (Å²) in [6.45, 7) is 5.68. The van der Waals surface area contributed by atoms with E-state index in [2.05, 4.69) is 54.5 Å². The van der Waals surface area contributed by atoms with Gasteiger partial charge >= 0.3 is 0 Å². The first-order chi connectivity index (χ1) is 13.5. The summed E-state index contributed by atoms with van der Waals surface area (Å²) < 4.78 is 14.9. The number of nitrogens with zero attached hydrogens (tertiary/aromatic N) is 4. The number of aryl methyl sites for hydroxylation is 1. The van der Waals surface area contributed by atoms with Gasteiger partial charge in [-0.15, -0.1) is 9.24 Å². The van der Waals surface area contributed by atoms with Gasteiger partial charge in [-0.3, -0.25) is 0 Å². The molecule has 0 fully saturated rings. The molecule has 2 atom stereocenters. The molecule has 2 heterocycles. The molecule has 3 aromatic rings. The Morgan fingerprint density at radius 3 is 2.57 bits per heavy atom. The van der Waals surface area contributed by atoms with Gasteiger partial charge in [-0.2, -0.15) is 5.26 Å². The number of nitrogens with one attached hydrogen (secondary N) is 2. The van der Waals surface area contributed by atoms with Crippen molar-refractivity contribution in [2.75, 3.05) is 18.3 Å². The first-order valence-electron chi connectivity index (χ1n) is 9.14. The number of anilines is 1. The van der Waals surface area contributed by atoms with Gasteiger partial charge < -0.3 is 9.99 Å². The largest absolute Gasteiger partial charge is 0.334 e. The van der Waals surface area contributed by atoms with Crippen LogP contribution in [0.1, 0.15) is 31.0 Å². The van der Waals surface area contributed by atoms with Crippen molar-refractivity contribution in [3.63, 3.8) is 0 Å². The number of hydrogen-bond donors (Lipinski definition) is 2. The number of nitriles is 1. The molecule has 3 rings (SSSR count). The maximum Gasteiger partial charge on any atom is 0.177 e. The third-order valence-electron chi connectivity index (χ3n) is 4.54. The van der Waals surface area contributed by atoms with Gasteiger partial charge in [0, 0.05) is 11.4 Å². The fraction of sp³-hybridized carbons (Fsp3) is 0.350. The molecule has 0 aliphatic rings. The van der Waals surface area contributed by atoms with Gasteiger partial charge in [-0.1, -0.05) is 11.6 Å². The normalized spacial score (nSPS) is 12.3. The molecule has 0 bridgehead atoms. The number of rotatable bonds is 7. The van der Waals surface area contributed by atoms with Crippen LogP contribution in [-0.2, 0) is 0 Å². The van der Waals surface area contributed by atoms with Crippen LogP contribution in [0.4, 0.5) is 10.1 Å². The van der Waals surface area contributed by atoms with Crippen molar-refractivity contribution in [2.24, 2.45) is 0 Å². The highest BCUT2D eigenvalue weighted by atomic mass is 31.0. The van der Waals surface area contributed by atoms with Crippen molar-refractivity contribution < 1.29 is 4.39 Å². The van der Waals surface area contributed by atoms with Crippen LogP contribution < -0.4 is 10.9 Å². The molecular weight excluding hydrogens is 374 g/mol. The molecule has 2 unspecified atom stereocenters. The number of hydrazine groups is 1. The SMILES string of the molecule is Cc1ccc2c(c1)c(C#N)c(-c1ncc(NNC(CF)CP)cn1)n2C(C)C. The monoisotopic (exact) mass is 398 g/mol. The van der Waals surface area contributed by atoms with Crippen LogP contribution in [0.3, 0.4) is 0 Å². The van der Waals surface area contributed by atoms with Crippen LogP contribution in [0.25, 0.3) is 22.4 Å². The molecule has 146 valence electrons. The predicted octanol–water partition coefficient (Wildman–Crippen LogP) is 3.99. The third-order valence-corrected chi connectivity index (χ3v) is 5.11. The standard InChI is InChI=1S/C20H24FN6P/c1-12(2)27-18-5-4-13(3)6-16(18)17(8-22)19(27)20-23-9-15(10-24-20)26-25-14(7-21)11-28/h4-6,9-10,12,14,25-26H,7,11,28H2,1-3H3. The number of benzene rings is 1. The topological polar surface area (TPSA) is 78.6 Å². The minimum absolute atomic E-state index is 0.137. The van der Waals surface area contributed by atoms with Crippen LogP contribution in [0.2, 0.25) is 0 Å². The average Bonchev–Trinajstić information content (AvgIpc) is 3.02. The minimum Gasteiger partial charge on any atom is -0.334 e. The average molecular weight is 398 g/mol. The molecule has 0 amide bonds. The Kier molecular flexibility index (Phi) is 6.23. The quantitative estimate of drug-likeness (QED) is 0.465. The van der Waals surface area contributed by atoms with E-state index in [1.165, 1.54) is 0 Å². The fourth-order valence-electron chi connectivity index (χ4n) is 3.16. The second kappa shape index (κ2) is 8.64. The molecule has 0 aliphatic carbocycles. The predicted molar refractivity (Wildman–Crippen MR) is 114 cm³/mol. The van der Waals surface area contributed by atoms with Crippen molar-refractivity contribution in [1.29, 1.82) is 5.26 Å². The molecule has 0 aliphatic heterocycles. The summed E-state index contributed by atoms with van der Waals surface area (Å²) in [4.78, 5) is 8.93. The highest BCUT2D eigenvalue weighted by Crippen LogP contribution is 2.35. The van der Waals surface area contributed by atoms with Crippen LogP contribution in [0.15, 0.2) is 30.6 Å². The van der Waals surface area contributed by atoms with Crippen LogP contribution in [0, 0.1) is 18.3 Å². The fourth-order valence-corrected chi connectivity index (χ4v) is 3.40. The van der Waals surface area contributed by atoms with Crippen LogP contribution in [0.5, 0.6) is 0 Å². The maximum atomic E-state index is 12.8. The van der Waals surface area contributed by atoms with E-state index >= 15 is 0 Å². The van der Waals surface area contributed by atoms with E-state index in [1.54, 1.807) is 12.4 Å². The minimum atomic E-state index is -0.477. The maximum absolute atomic E-state index is 12.8. The number of alkyl halides is 1. The smallest absolute Gasteiger partial charge is 0.177 e. The molecule has 8 heteroatoms. The number of fused-ring (bicyclic) bond motifs is 1. The second-order valence-corrected chi connectivity index (χ2v) is 7.44. The zero-order valence-electron chi connectivity index (χ0n) is 16.2. The lowest BCUT2D eigenvalue weighted by Gasteiger charge is -2.16. The van der Waals surface area contributed by atoms with Gasteiger partial charge in [-0.25, -0.2) is 19.8 Å². The summed E-state index contributed by atoms with van der Waals surface area (Å²) in [5.74, 6) is 0.484. The highest BCUT2D eigenvalue weighted by Gasteiger charge is 2.22. The third kappa shape index (κ3) is 3.84. The first kappa shape index (κ1) is 20.2. The summed E-state index contributed by atoms with van der Waals surface area (Å²) in [5, 5.41) is 10.7. The van der Waals surface area contributed by atoms with E-state index < -0.39 is 6.67 Å². The Morgan fingerprint density at radius 1 is 1.29 bits per heavy atom. The number of aromatic nitrogens is 3. The van der Waals surface area contributed by atoms with E-state index in [0.29, 0.717) is 28.9 Å². The number of hydrogen-bond acceptors (Lipinski definition) is 5. The Bertz CT molecular complexity index is 1000. The second-order valence-electron chi connectivity index (χ2n) is 6.97. The summed E-state index contributed by atoms with van der Waals surface area (Å²) in [5.41, 5.74) is 9.82. The van der Waals surface area contributed by atoms with Gasteiger partial charge in [0.25, 0.3) is 0 Å². The molecule has 1 aromatic carbocycles. The van der Waals surface area contributed by atoms with Gasteiger partial charge in [-0.05, 0) is 39.1 Å². The lowest BCUT2D eigenvalue weighted by atomic mass is 10.1. The molecule has 28 heavy (non-hydrogen) atoms. The number of halogens is 1. The zero-order valence-corrected chi connectivity index (χ0v) is 17.4. The van der Waals surface area contributed by atoms with Gasteiger partial charge in [0.2, 0.25) is 0 Å². The molecule has 0 saturated heterocycles. The van der Waals surface area contributed by atoms with E-state index in [9.17, 15) is 9.65 Å². The van der Waals surface area contributed by atoms with E-state index in [1.807, 2.05) is 25.1 Å². The van der Waals surface area contributed by atoms with Gasteiger partial charge in [0.05, 0.1) is 35.2 Å². The highest BCUT2D eigenvalue weighted by molar-refractivity contribution is 7.16. The Labute approximate surface area is 166 Å². The summed E-state index contributed by atoms with van der Waals surface area (Å²) in [6, 6.07) is 8.27. The van der Waals surface area contributed by atoms with Crippen LogP contribution >= 0.6 is 9.24 Å².